The van der Waals surface area contributed by atoms with Gasteiger partial charge in [0.1, 0.15) is 5.75 Å². The number of hydrogen-bond donors (Lipinski definition) is 2. The molecule has 3 N–H and O–H groups in total. The molecule has 0 aliphatic heterocycles. The number of aryl methyl sites for hydroxylation is 1. The quantitative estimate of drug-likeness (QED) is 0.675. The summed E-state index contributed by atoms with van der Waals surface area (Å²) >= 11 is 1.76. The van der Waals surface area contributed by atoms with E-state index < -0.39 is 5.91 Å². The summed E-state index contributed by atoms with van der Waals surface area (Å²) in [4.78, 5) is 23.1. The summed E-state index contributed by atoms with van der Waals surface area (Å²) in [6.07, 6.45) is 0. The molecule has 0 saturated carbocycles. The van der Waals surface area contributed by atoms with Crippen LogP contribution in [0.15, 0.2) is 48.5 Å². The lowest BCUT2D eigenvalue weighted by Crippen LogP contribution is -2.27. The average Bonchev–Trinajstić information content (AvgIpc) is 2.61. The van der Waals surface area contributed by atoms with Gasteiger partial charge in [0.2, 0.25) is 0 Å². The fourth-order valence-electron chi connectivity index (χ4n) is 2.14. The zero-order chi connectivity index (χ0) is 18.1. The van der Waals surface area contributed by atoms with E-state index in [1.54, 1.807) is 36.0 Å². The van der Waals surface area contributed by atoms with E-state index in [9.17, 15) is 9.59 Å². The van der Waals surface area contributed by atoms with Gasteiger partial charge in [0.05, 0.1) is 5.56 Å². The number of benzene rings is 2. The van der Waals surface area contributed by atoms with E-state index >= 15 is 0 Å². The van der Waals surface area contributed by atoms with Crippen LogP contribution in [0.4, 0.5) is 0 Å². The molecular formula is C19H22N2O3S. The first kappa shape index (κ1) is 18.9. The highest BCUT2D eigenvalue weighted by molar-refractivity contribution is 7.98. The fraction of sp³-hybridized carbons (Fsp3) is 0.263. The molecule has 6 heteroatoms. The topological polar surface area (TPSA) is 81.4 Å². The van der Waals surface area contributed by atoms with E-state index in [4.69, 9.17) is 10.5 Å². The summed E-state index contributed by atoms with van der Waals surface area (Å²) < 4.78 is 5.27. The minimum Gasteiger partial charge on any atom is -0.483 e. The number of thioether (sulfide) groups is 1. The number of carbonyl (C=O) groups excluding carboxylic acids is 2. The molecule has 0 aliphatic rings. The van der Waals surface area contributed by atoms with E-state index in [0.717, 1.165) is 11.5 Å². The molecule has 0 radical (unpaired) electrons. The molecule has 2 rings (SSSR count). The second-order valence-corrected chi connectivity index (χ2v) is 6.65. The lowest BCUT2D eigenvalue weighted by atomic mass is 10.2. The van der Waals surface area contributed by atoms with E-state index in [0.29, 0.717) is 17.9 Å². The number of amides is 2. The Hall–Kier alpha value is -2.47. The van der Waals surface area contributed by atoms with Gasteiger partial charge in [-0.2, -0.15) is 11.8 Å². The molecule has 0 fully saturated rings. The molecule has 0 saturated heterocycles. The molecule has 2 aromatic carbocycles. The third-order valence-corrected chi connectivity index (χ3v) is 4.45. The first-order chi connectivity index (χ1) is 12.1. The number of rotatable bonds is 9. The van der Waals surface area contributed by atoms with Crippen molar-refractivity contribution in [3.63, 3.8) is 0 Å². The van der Waals surface area contributed by atoms with Crippen molar-refractivity contribution in [3.05, 3.63) is 65.2 Å². The molecule has 25 heavy (non-hydrogen) atoms. The maximum atomic E-state index is 12.3. The Bertz CT molecular complexity index is 717. The largest absolute Gasteiger partial charge is 0.483 e. The number of para-hydroxylation sites is 1. The average molecular weight is 358 g/mol. The number of nitrogens with two attached hydrogens (primary N) is 1. The Labute approximate surface area is 151 Å². The van der Waals surface area contributed by atoms with Crippen LogP contribution in [-0.2, 0) is 10.5 Å². The molecule has 0 heterocycles. The zero-order valence-electron chi connectivity index (χ0n) is 14.2. The summed E-state index contributed by atoms with van der Waals surface area (Å²) in [5, 5.41) is 2.87. The maximum Gasteiger partial charge on any atom is 0.255 e. The summed E-state index contributed by atoms with van der Waals surface area (Å²) in [7, 11) is 0. The van der Waals surface area contributed by atoms with E-state index in [-0.39, 0.29) is 12.5 Å². The lowest BCUT2D eigenvalue weighted by Gasteiger charge is -2.10. The van der Waals surface area contributed by atoms with E-state index in [2.05, 4.69) is 36.5 Å². The van der Waals surface area contributed by atoms with Gasteiger partial charge in [0.25, 0.3) is 11.8 Å². The lowest BCUT2D eigenvalue weighted by molar-refractivity contribution is -0.119. The summed E-state index contributed by atoms with van der Waals surface area (Å²) in [6, 6.07) is 15.2. The van der Waals surface area contributed by atoms with Gasteiger partial charge >= 0.3 is 0 Å². The van der Waals surface area contributed by atoms with Crippen molar-refractivity contribution in [3.8, 4) is 5.75 Å². The molecule has 2 amide bonds. The molecular weight excluding hydrogens is 336 g/mol. The number of nitrogens with one attached hydrogen (secondary N) is 1. The van der Waals surface area contributed by atoms with E-state index in [1.165, 1.54) is 11.1 Å². The van der Waals surface area contributed by atoms with Crippen LogP contribution in [-0.4, -0.2) is 30.7 Å². The third-order valence-electron chi connectivity index (χ3n) is 3.42. The standard InChI is InChI=1S/C19H22N2O3S/c1-14-6-8-15(9-7-14)13-25-11-10-21-19(23)16-4-2-3-5-17(16)24-12-18(20)22/h2-9H,10-13H2,1H3,(H2,20,22)(H,21,23). The Morgan fingerprint density at radius 2 is 1.84 bits per heavy atom. The summed E-state index contributed by atoms with van der Waals surface area (Å²) in [6.45, 7) is 2.37. The van der Waals surface area contributed by atoms with Crippen molar-refractivity contribution in [2.24, 2.45) is 5.73 Å². The van der Waals surface area contributed by atoms with E-state index in [1.807, 2.05) is 0 Å². The van der Waals surface area contributed by atoms with Crippen molar-refractivity contribution in [2.45, 2.75) is 12.7 Å². The van der Waals surface area contributed by atoms with Gasteiger partial charge in [0, 0.05) is 18.1 Å². The second kappa shape index (κ2) is 9.74. The molecule has 132 valence electrons. The molecule has 5 nitrogen and oxygen atoms in total. The molecule has 0 spiro atoms. The van der Waals surface area contributed by atoms with Gasteiger partial charge in [-0.15, -0.1) is 0 Å². The van der Waals surface area contributed by atoms with Crippen LogP contribution in [0.3, 0.4) is 0 Å². The monoisotopic (exact) mass is 358 g/mol. The minimum absolute atomic E-state index is 0.226. The van der Waals surface area contributed by atoms with Gasteiger partial charge in [-0.25, -0.2) is 0 Å². The van der Waals surface area contributed by atoms with Crippen LogP contribution in [0.1, 0.15) is 21.5 Å². The van der Waals surface area contributed by atoms with Crippen LogP contribution < -0.4 is 15.8 Å². The highest BCUT2D eigenvalue weighted by atomic mass is 32.2. The third kappa shape index (κ3) is 6.51. The molecule has 2 aromatic rings. The predicted molar refractivity (Wildman–Crippen MR) is 101 cm³/mol. The van der Waals surface area contributed by atoms with Crippen molar-refractivity contribution in [1.82, 2.24) is 5.32 Å². The second-order valence-electron chi connectivity index (χ2n) is 5.55. The number of primary amides is 1. The fourth-order valence-corrected chi connectivity index (χ4v) is 2.95. The first-order valence-corrected chi connectivity index (χ1v) is 9.13. The Morgan fingerprint density at radius 1 is 1.12 bits per heavy atom. The van der Waals surface area contributed by atoms with Gasteiger partial charge in [0.15, 0.2) is 6.61 Å². The highest BCUT2D eigenvalue weighted by Crippen LogP contribution is 2.18. The summed E-state index contributed by atoms with van der Waals surface area (Å²) in [5.41, 5.74) is 7.98. The van der Waals surface area contributed by atoms with Gasteiger partial charge in [-0.05, 0) is 24.6 Å². The number of hydrogen-bond acceptors (Lipinski definition) is 4. The number of ether oxygens (including phenoxy) is 1. The Balaban J connectivity index is 1.76. The normalized spacial score (nSPS) is 10.3. The zero-order valence-corrected chi connectivity index (χ0v) is 15.0. The SMILES string of the molecule is Cc1ccc(CSCCNC(=O)c2ccccc2OCC(N)=O)cc1. The van der Waals surface area contributed by atoms with Crippen LogP contribution in [0, 0.1) is 6.92 Å². The van der Waals surface area contributed by atoms with Gasteiger partial charge < -0.3 is 15.8 Å². The van der Waals surface area contributed by atoms with Crippen molar-refractivity contribution in [1.29, 1.82) is 0 Å². The first-order valence-electron chi connectivity index (χ1n) is 7.98. The van der Waals surface area contributed by atoms with Crippen LogP contribution in [0.5, 0.6) is 5.75 Å². The van der Waals surface area contributed by atoms with Crippen molar-refractivity contribution >= 4 is 23.6 Å². The Morgan fingerprint density at radius 3 is 2.56 bits per heavy atom. The number of carbonyl (C=O) groups is 2. The molecule has 0 aromatic heterocycles. The van der Waals surface area contributed by atoms with Gasteiger partial charge in [-0.1, -0.05) is 42.0 Å². The van der Waals surface area contributed by atoms with Crippen LogP contribution >= 0.6 is 11.8 Å². The maximum absolute atomic E-state index is 12.3. The molecule has 0 bridgehead atoms. The van der Waals surface area contributed by atoms with Crippen LogP contribution in [0.2, 0.25) is 0 Å². The smallest absolute Gasteiger partial charge is 0.255 e. The van der Waals surface area contributed by atoms with Crippen LogP contribution in [0.25, 0.3) is 0 Å². The Kier molecular flexibility index (Phi) is 7.35. The molecule has 0 atom stereocenters. The summed E-state index contributed by atoms with van der Waals surface area (Å²) in [5.74, 6) is 1.27. The predicted octanol–water partition coefficient (Wildman–Crippen LogP) is 2.52. The molecule has 0 unspecified atom stereocenters. The highest BCUT2D eigenvalue weighted by Gasteiger charge is 2.12. The minimum atomic E-state index is -0.581. The van der Waals surface area contributed by atoms with Crippen molar-refractivity contribution < 1.29 is 14.3 Å². The van der Waals surface area contributed by atoms with Gasteiger partial charge in [-0.3, -0.25) is 9.59 Å². The molecule has 0 aliphatic carbocycles. The van der Waals surface area contributed by atoms with Crippen molar-refractivity contribution in [2.75, 3.05) is 18.9 Å².